The zero-order valence-corrected chi connectivity index (χ0v) is 12.8. The highest BCUT2D eigenvalue weighted by Gasteiger charge is 2.04. The van der Waals surface area contributed by atoms with Crippen molar-refractivity contribution in [2.75, 3.05) is 11.9 Å². The van der Waals surface area contributed by atoms with Crippen molar-refractivity contribution < 1.29 is 4.79 Å². The lowest BCUT2D eigenvalue weighted by atomic mass is 10.2. The summed E-state index contributed by atoms with van der Waals surface area (Å²) in [4.78, 5) is 15.9. The van der Waals surface area contributed by atoms with Gasteiger partial charge in [0.1, 0.15) is 0 Å². The summed E-state index contributed by atoms with van der Waals surface area (Å²) in [5.41, 5.74) is 2.92. The fourth-order valence-electron chi connectivity index (χ4n) is 1.78. The van der Waals surface area contributed by atoms with E-state index in [1.165, 1.54) is 0 Å². The van der Waals surface area contributed by atoms with E-state index in [9.17, 15) is 4.79 Å². The number of carbonyl (C=O) groups is 1. The molecule has 2 N–H and O–H groups in total. The van der Waals surface area contributed by atoms with Gasteiger partial charge in [-0.25, -0.2) is 0 Å². The first-order valence-electron chi connectivity index (χ1n) is 6.31. The van der Waals surface area contributed by atoms with Crippen molar-refractivity contribution in [3.63, 3.8) is 0 Å². The van der Waals surface area contributed by atoms with E-state index < -0.39 is 0 Å². The second kappa shape index (κ2) is 7.17. The van der Waals surface area contributed by atoms with Crippen LogP contribution < -0.4 is 10.6 Å². The van der Waals surface area contributed by atoms with E-state index in [-0.39, 0.29) is 12.5 Å². The molecule has 0 unspecified atom stereocenters. The molecule has 104 valence electrons. The van der Waals surface area contributed by atoms with Crippen molar-refractivity contribution in [3.05, 3.63) is 58.3 Å². The molecule has 2 aromatic rings. The molecule has 0 radical (unpaired) electrons. The van der Waals surface area contributed by atoms with E-state index >= 15 is 0 Å². The van der Waals surface area contributed by atoms with Gasteiger partial charge in [-0.15, -0.1) is 0 Å². The molecule has 0 aliphatic heterocycles. The number of hydrogen-bond acceptors (Lipinski definition) is 3. The molecule has 0 spiro atoms. The molecule has 2 rings (SSSR count). The predicted octanol–water partition coefficient (Wildman–Crippen LogP) is 2.88. The number of pyridine rings is 1. The number of carbonyl (C=O) groups excluding carboxylic acids is 1. The smallest absolute Gasteiger partial charge is 0.238 e. The molecule has 0 atom stereocenters. The number of nitrogens with zero attached hydrogens (tertiary/aromatic N) is 1. The molecule has 4 nitrogen and oxygen atoms in total. The van der Waals surface area contributed by atoms with Crippen molar-refractivity contribution in [2.24, 2.45) is 0 Å². The molecule has 1 amide bonds. The summed E-state index contributed by atoms with van der Waals surface area (Å²) < 4.78 is 1.00. The van der Waals surface area contributed by atoms with E-state index in [2.05, 4.69) is 31.5 Å². The average Bonchev–Trinajstić information content (AvgIpc) is 2.43. The van der Waals surface area contributed by atoms with E-state index in [4.69, 9.17) is 0 Å². The first kappa shape index (κ1) is 14.7. The van der Waals surface area contributed by atoms with Gasteiger partial charge in [-0.3, -0.25) is 9.78 Å². The van der Waals surface area contributed by atoms with Gasteiger partial charge in [-0.2, -0.15) is 0 Å². The Hall–Kier alpha value is -1.72. The lowest BCUT2D eigenvalue weighted by Crippen LogP contribution is -2.28. The van der Waals surface area contributed by atoms with Crippen LogP contribution in [0, 0.1) is 6.92 Å². The Morgan fingerprint density at radius 1 is 1.35 bits per heavy atom. The van der Waals surface area contributed by atoms with Gasteiger partial charge < -0.3 is 10.6 Å². The van der Waals surface area contributed by atoms with Gasteiger partial charge >= 0.3 is 0 Å². The maximum atomic E-state index is 11.8. The predicted molar refractivity (Wildman–Crippen MR) is 83.5 cm³/mol. The lowest BCUT2D eigenvalue weighted by Gasteiger charge is -2.09. The van der Waals surface area contributed by atoms with Gasteiger partial charge in [-0.05, 0) is 42.3 Å². The van der Waals surface area contributed by atoms with Crippen LogP contribution in [0.2, 0.25) is 0 Å². The molecule has 0 bridgehead atoms. The highest BCUT2D eigenvalue weighted by molar-refractivity contribution is 9.10. The fraction of sp³-hybridized carbons (Fsp3) is 0.200. The van der Waals surface area contributed by atoms with Crippen LogP contribution >= 0.6 is 15.9 Å². The Morgan fingerprint density at radius 2 is 2.20 bits per heavy atom. The van der Waals surface area contributed by atoms with E-state index in [1.807, 2.05) is 37.3 Å². The largest absolute Gasteiger partial charge is 0.325 e. The van der Waals surface area contributed by atoms with Gasteiger partial charge in [0.05, 0.1) is 6.54 Å². The third-order valence-corrected chi connectivity index (χ3v) is 3.29. The van der Waals surface area contributed by atoms with Gasteiger partial charge in [0.2, 0.25) is 5.91 Å². The number of aryl methyl sites for hydroxylation is 1. The summed E-state index contributed by atoms with van der Waals surface area (Å²) in [6.45, 7) is 2.86. The second-order valence-corrected chi connectivity index (χ2v) is 5.39. The Bertz CT molecular complexity index is 587. The normalized spacial score (nSPS) is 10.3. The topological polar surface area (TPSA) is 54.0 Å². The number of hydrogen-bond donors (Lipinski definition) is 2. The lowest BCUT2D eigenvalue weighted by molar-refractivity contribution is -0.115. The van der Waals surface area contributed by atoms with Gasteiger partial charge in [-0.1, -0.05) is 22.0 Å². The number of anilines is 1. The van der Waals surface area contributed by atoms with Crippen molar-refractivity contribution in [1.29, 1.82) is 0 Å². The minimum atomic E-state index is -0.0562. The molecular weight excluding hydrogens is 318 g/mol. The molecule has 20 heavy (non-hydrogen) atoms. The van der Waals surface area contributed by atoms with Crippen molar-refractivity contribution in [3.8, 4) is 0 Å². The number of rotatable bonds is 5. The van der Waals surface area contributed by atoms with Crippen molar-refractivity contribution in [2.45, 2.75) is 13.5 Å². The SMILES string of the molecule is Cc1cc(Br)ccc1NC(=O)CNCc1cccnc1. The summed E-state index contributed by atoms with van der Waals surface area (Å²) in [6, 6.07) is 9.61. The van der Waals surface area contributed by atoms with Crippen LogP contribution in [-0.4, -0.2) is 17.4 Å². The zero-order valence-electron chi connectivity index (χ0n) is 11.2. The summed E-state index contributed by atoms with van der Waals surface area (Å²) in [5.74, 6) is -0.0562. The van der Waals surface area contributed by atoms with E-state index in [0.29, 0.717) is 6.54 Å². The average molecular weight is 334 g/mol. The Balaban J connectivity index is 1.81. The number of amides is 1. The van der Waals surface area contributed by atoms with Crippen LogP contribution in [0.25, 0.3) is 0 Å². The first-order chi connectivity index (χ1) is 9.65. The van der Waals surface area contributed by atoms with E-state index in [1.54, 1.807) is 12.4 Å². The molecule has 0 saturated heterocycles. The van der Waals surface area contributed by atoms with E-state index in [0.717, 1.165) is 21.3 Å². The Labute approximate surface area is 126 Å². The number of nitrogens with one attached hydrogen (secondary N) is 2. The minimum absolute atomic E-state index is 0.0562. The fourth-order valence-corrected chi connectivity index (χ4v) is 2.26. The van der Waals surface area contributed by atoms with Crippen LogP contribution in [0.1, 0.15) is 11.1 Å². The molecule has 1 aromatic heterocycles. The van der Waals surface area contributed by atoms with Crippen LogP contribution in [0.15, 0.2) is 47.2 Å². The van der Waals surface area contributed by atoms with Gasteiger partial charge in [0.25, 0.3) is 0 Å². The van der Waals surface area contributed by atoms with Crippen molar-refractivity contribution in [1.82, 2.24) is 10.3 Å². The van der Waals surface area contributed by atoms with Gasteiger partial charge in [0, 0.05) is 29.1 Å². The maximum Gasteiger partial charge on any atom is 0.238 e. The monoisotopic (exact) mass is 333 g/mol. The molecule has 0 aliphatic rings. The molecule has 0 aliphatic carbocycles. The highest BCUT2D eigenvalue weighted by Crippen LogP contribution is 2.19. The molecule has 1 heterocycles. The standard InChI is InChI=1S/C15H16BrN3O/c1-11-7-13(16)4-5-14(11)19-15(20)10-18-9-12-3-2-6-17-8-12/h2-8,18H,9-10H2,1H3,(H,19,20). The quantitative estimate of drug-likeness (QED) is 0.884. The first-order valence-corrected chi connectivity index (χ1v) is 7.10. The molecule has 5 heteroatoms. The summed E-state index contributed by atoms with van der Waals surface area (Å²) in [7, 11) is 0. The molecule has 0 saturated carbocycles. The third kappa shape index (κ3) is 4.43. The Morgan fingerprint density at radius 3 is 2.90 bits per heavy atom. The number of benzene rings is 1. The molecular formula is C15H16BrN3O. The van der Waals surface area contributed by atoms with Crippen LogP contribution in [-0.2, 0) is 11.3 Å². The second-order valence-electron chi connectivity index (χ2n) is 4.47. The Kier molecular flexibility index (Phi) is 5.26. The summed E-state index contributed by atoms with van der Waals surface area (Å²) in [5, 5.41) is 5.98. The number of halogens is 1. The molecule has 1 aromatic carbocycles. The maximum absolute atomic E-state index is 11.8. The summed E-state index contributed by atoms with van der Waals surface area (Å²) >= 11 is 3.40. The van der Waals surface area contributed by atoms with Crippen LogP contribution in [0.3, 0.4) is 0 Å². The van der Waals surface area contributed by atoms with Crippen LogP contribution in [0.5, 0.6) is 0 Å². The minimum Gasteiger partial charge on any atom is -0.325 e. The van der Waals surface area contributed by atoms with Crippen LogP contribution in [0.4, 0.5) is 5.69 Å². The highest BCUT2D eigenvalue weighted by atomic mass is 79.9. The van der Waals surface area contributed by atoms with Crippen molar-refractivity contribution >= 4 is 27.5 Å². The third-order valence-electron chi connectivity index (χ3n) is 2.80. The zero-order chi connectivity index (χ0) is 14.4. The molecule has 0 fully saturated rings. The number of aromatic nitrogens is 1. The summed E-state index contributed by atoms with van der Waals surface area (Å²) in [6.07, 6.45) is 3.51. The van der Waals surface area contributed by atoms with Gasteiger partial charge in [0.15, 0.2) is 0 Å².